The maximum atomic E-state index is 12.3. The molecule has 0 bridgehead atoms. The molecule has 24 nitrogen and oxygen atoms in total. The van der Waals surface area contributed by atoms with Crippen molar-refractivity contribution in [2.24, 2.45) is 29.1 Å². The van der Waals surface area contributed by atoms with E-state index in [-0.39, 0.29) is 23.4 Å². The molecule has 2 saturated carbocycles. The van der Waals surface area contributed by atoms with Gasteiger partial charge in [-0.3, -0.25) is 0 Å². The standard InChI is InChI=1S/C59H92O24/c1-23(22-74-53-45(69)43(67)40(64)35(20-60)79-53)8-9-28-10-11-29-18-34-32-13-12-30-19-31(14-16-58(30,6)33(32)15-17-59(34,7)37(29)24(28)2)78-57-52(83-55-47(71)42(66)39(63)26(4)76-55)49(73)51(36(21-61)80-57)82-56-48(72)44(68)50(27(5)77-56)81-54-46(70)41(65)38(62)25(3)75-54/h10-12,23,25-27,31-36,38-57,60-73H,8-9,13-22H2,1-7H3/t23?,25-,26-,27-,31-,32+,33-,34-,35+,36+,38-,39-,40+,41+,42+,43-,44-,45+,46+,47+,48+,49-,50-,51+,52+,53+,54-,55-,56-,57+,58-,59-/m0/s1. The number of fused-ring (bicyclic) bond motifs is 7. The van der Waals surface area contributed by atoms with Crippen LogP contribution in [0.4, 0.5) is 0 Å². The third-order valence-electron chi connectivity index (χ3n) is 20.8. The summed E-state index contributed by atoms with van der Waals surface area (Å²) in [4.78, 5) is 0. The minimum Gasteiger partial charge on any atom is -0.394 e. The highest BCUT2D eigenvalue weighted by Gasteiger charge is 2.60. The summed E-state index contributed by atoms with van der Waals surface area (Å²) in [6.07, 6.45) is -27.4. The first kappa shape index (κ1) is 64.0. The van der Waals surface area contributed by atoms with Crippen molar-refractivity contribution in [1.82, 2.24) is 0 Å². The third-order valence-corrected chi connectivity index (χ3v) is 20.8. The van der Waals surface area contributed by atoms with Gasteiger partial charge in [0, 0.05) is 0 Å². The molecule has 9 aliphatic rings. The quantitative estimate of drug-likeness (QED) is 0.0804. The molecule has 7 fully saturated rings. The summed E-state index contributed by atoms with van der Waals surface area (Å²) in [5, 5.41) is 150. The number of rotatable bonds is 16. The number of allylic oxidation sites excluding steroid dienone is 1. The van der Waals surface area contributed by atoms with Crippen LogP contribution in [0.3, 0.4) is 0 Å². The van der Waals surface area contributed by atoms with Crippen LogP contribution in [0.1, 0.15) is 109 Å². The SMILES string of the molecule is Cc1c(CCC(C)CO[C@@H]2O[C@H](CO)[C@@H](O)[C@H](O)[C@H]2O)ccc2c1[C@@]1(C)CC[C@H]3[C@@H](CC=C4C[C@@H](O[C@@H]5O[C@H](CO)[C@@H](O[C@@H]6O[C@@H](C)[C@H](O[C@@H]7O[C@@H](C)[C@H](O)[C@@H](O)[C@H]7O)[C@@H](O)[C@H]6O)[C@H](O)[C@H]5O[C@@H]5O[C@@H](C)[C@H](O)[C@@H](O)[C@H]5O)CC[C@@]43C)[C@@H]1C2. The van der Waals surface area contributed by atoms with Gasteiger partial charge in [0.05, 0.1) is 44.2 Å². The monoisotopic (exact) mass is 1180 g/mol. The molecule has 83 heavy (non-hydrogen) atoms. The molecule has 10 rings (SSSR count). The molecule has 472 valence electrons. The van der Waals surface area contributed by atoms with Crippen molar-refractivity contribution in [1.29, 1.82) is 0 Å². The van der Waals surface area contributed by atoms with Gasteiger partial charge >= 0.3 is 0 Å². The predicted molar refractivity (Wildman–Crippen MR) is 286 cm³/mol. The lowest BCUT2D eigenvalue weighted by molar-refractivity contribution is -0.394. The van der Waals surface area contributed by atoms with E-state index in [2.05, 4.69) is 45.9 Å². The van der Waals surface area contributed by atoms with Gasteiger partial charge in [-0.1, -0.05) is 44.6 Å². The van der Waals surface area contributed by atoms with Gasteiger partial charge in [-0.05, 0) is 142 Å². The summed E-state index contributed by atoms with van der Waals surface area (Å²) in [6, 6.07) is 4.58. The Morgan fingerprint density at radius 3 is 1.73 bits per heavy atom. The third kappa shape index (κ3) is 11.9. The zero-order valence-corrected chi connectivity index (χ0v) is 48.4. The van der Waals surface area contributed by atoms with Crippen LogP contribution in [0.2, 0.25) is 0 Å². The van der Waals surface area contributed by atoms with Crippen LogP contribution >= 0.6 is 0 Å². The van der Waals surface area contributed by atoms with Gasteiger partial charge in [0.1, 0.15) is 104 Å². The Morgan fingerprint density at radius 2 is 1.10 bits per heavy atom. The van der Waals surface area contributed by atoms with Gasteiger partial charge < -0.3 is 119 Å². The first-order chi connectivity index (χ1) is 39.3. The molecule has 1 aromatic carbocycles. The zero-order chi connectivity index (χ0) is 59.9. The summed E-state index contributed by atoms with van der Waals surface area (Å²) in [7, 11) is 0. The molecule has 24 heteroatoms. The summed E-state index contributed by atoms with van der Waals surface area (Å²) < 4.78 is 60.2. The summed E-state index contributed by atoms with van der Waals surface area (Å²) in [5.41, 5.74) is 6.61. The van der Waals surface area contributed by atoms with Crippen LogP contribution in [0.5, 0.6) is 0 Å². The number of benzene rings is 1. The minimum atomic E-state index is -1.87. The minimum absolute atomic E-state index is 0.0161. The molecule has 14 N–H and O–H groups in total. The smallest absolute Gasteiger partial charge is 0.187 e. The van der Waals surface area contributed by atoms with E-state index in [9.17, 15) is 71.5 Å². The topological polar surface area (TPSA) is 376 Å². The molecule has 0 aromatic heterocycles. The Kier molecular flexibility index (Phi) is 19.6. The van der Waals surface area contributed by atoms with Crippen LogP contribution < -0.4 is 0 Å². The van der Waals surface area contributed by atoms with Gasteiger partial charge in [-0.15, -0.1) is 0 Å². The highest BCUT2D eigenvalue weighted by Crippen LogP contribution is 2.65. The lowest BCUT2D eigenvalue weighted by Gasteiger charge is -2.58. The van der Waals surface area contributed by atoms with Crippen LogP contribution in [-0.2, 0) is 65.6 Å². The number of hydrogen-bond donors (Lipinski definition) is 14. The van der Waals surface area contributed by atoms with Gasteiger partial charge in [0.25, 0.3) is 0 Å². The van der Waals surface area contributed by atoms with E-state index in [1.807, 2.05) is 0 Å². The lowest BCUT2D eigenvalue weighted by atomic mass is 9.47. The number of ether oxygens (including phenoxy) is 10. The fourth-order valence-corrected chi connectivity index (χ4v) is 15.7. The molecular weight excluding hydrogens is 1090 g/mol. The predicted octanol–water partition coefficient (Wildman–Crippen LogP) is -1.90. The Balaban J connectivity index is 0.801. The lowest BCUT2D eigenvalue weighted by Crippen LogP contribution is -2.67. The second-order valence-electron chi connectivity index (χ2n) is 26.1. The van der Waals surface area contributed by atoms with E-state index in [1.54, 1.807) is 0 Å². The number of aliphatic hydroxyl groups is 14. The number of aliphatic hydroxyl groups excluding tert-OH is 14. The first-order valence-corrected chi connectivity index (χ1v) is 30.0. The van der Waals surface area contributed by atoms with E-state index in [1.165, 1.54) is 48.6 Å². The molecule has 4 aliphatic carbocycles. The Hall–Kier alpha value is -2.00. The molecule has 0 spiro atoms. The molecule has 5 saturated heterocycles. The van der Waals surface area contributed by atoms with Crippen LogP contribution in [0, 0.1) is 36.0 Å². The second-order valence-corrected chi connectivity index (χ2v) is 26.1. The van der Waals surface area contributed by atoms with Gasteiger partial charge in [0.15, 0.2) is 31.5 Å². The fourth-order valence-electron chi connectivity index (χ4n) is 15.7. The van der Waals surface area contributed by atoms with E-state index in [4.69, 9.17) is 47.4 Å². The molecule has 5 heterocycles. The molecule has 32 atom stereocenters. The van der Waals surface area contributed by atoms with Crippen molar-refractivity contribution >= 4 is 0 Å². The fraction of sp³-hybridized carbons (Fsp3) is 0.864. The van der Waals surface area contributed by atoms with Gasteiger partial charge in [0.2, 0.25) is 0 Å². The van der Waals surface area contributed by atoms with E-state index < -0.39 is 173 Å². The van der Waals surface area contributed by atoms with Crippen molar-refractivity contribution in [2.45, 2.75) is 271 Å². The highest BCUT2D eigenvalue weighted by atomic mass is 16.8. The molecule has 5 aliphatic heterocycles. The molecule has 1 unspecified atom stereocenters. The number of hydrogen-bond acceptors (Lipinski definition) is 24. The summed E-state index contributed by atoms with van der Waals surface area (Å²) >= 11 is 0. The maximum Gasteiger partial charge on any atom is 0.187 e. The Bertz CT molecular complexity index is 2380. The largest absolute Gasteiger partial charge is 0.394 e. The van der Waals surface area contributed by atoms with Crippen molar-refractivity contribution in [3.63, 3.8) is 0 Å². The van der Waals surface area contributed by atoms with Crippen LogP contribution in [0.25, 0.3) is 0 Å². The van der Waals surface area contributed by atoms with Gasteiger partial charge in [-0.2, -0.15) is 0 Å². The molecular formula is C59H92O24. The van der Waals surface area contributed by atoms with E-state index in [0.717, 1.165) is 44.9 Å². The summed E-state index contributed by atoms with van der Waals surface area (Å²) in [5.74, 6) is 1.36. The van der Waals surface area contributed by atoms with Crippen LogP contribution in [0.15, 0.2) is 23.8 Å². The average molecular weight is 1190 g/mol. The molecule has 0 radical (unpaired) electrons. The average Bonchev–Trinajstić information content (AvgIpc) is 1.89. The van der Waals surface area contributed by atoms with E-state index >= 15 is 0 Å². The highest BCUT2D eigenvalue weighted by molar-refractivity contribution is 5.50. The molecule has 0 amide bonds. The van der Waals surface area contributed by atoms with Crippen LogP contribution in [-0.4, -0.2) is 251 Å². The van der Waals surface area contributed by atoms with Crippen molar-refractivity contribution in [3.8, 4) is 0 Å². The molecule has 1 aromatic rings. The normalized spacial score (nSPS) is 50.4. The second kappa shape index (κ2) is 25.5. The Labute approximate surface area is 483 Å². The summed E-state index contributed by atoms with van der Waals surface area (Å²) in [6.45, 7) is 12.6. The van der Waals surface area contributed by atoms with Crippen molar-refractivity contribution in [3.05, 3.63) is 46.0 Å². The van der Waals surface area contributed by atoms with Crippen molar-refractivity contribution in [2.75, 3.05) is 19.8 Å². The number of aryl methyl sites for hydroxylation is 1. The maximum absolute atomic E-state index is 12.3. The van der Waals surface area contributed by atoms with Crippen molar-refractivity contribution < 1.29 is 119 Å². The zero-order valence-electron chi connectivity index (χ0n) is 48.4. The first-order valence-electron chi connectivity index (χ1n) is 30.0. The van der Waals surface area contributed by atoms with E-state index in [0.29, 0.717) is 30.6 Å². The van der Waals surface area contributed by atoms with Gasteiger partial charge in [-0.25, -0.2) is 0 Å². The Morgan fingerprint density at radius 1 is 0.542 bits per heavy atom.